The van der Waals surface area contributed by atoms with Crippen LogP contribution in [-0.4, -0.2) is 26.5 Å². The second-order valence-electron chi connectivity index (χ2n) is 4.22. The van der Waals surface area contributed by atoms with Gasteiger partial charge in [0.05, 0.1) is 13.2 Å². The highest BCUT2D eigenvalue weighted by molar-refractivity contribution is 7.77. The Hall–Kier alpha value is -0.950. The van der Waals surface area contributed by atoms with Crippen LogP contribution in [0, 0.1) is 6.92 Å². The summed E-state index contributed by atoms with van der Waals surface area (Å²) in [6, 6.07) is 5.47. The molecule has 1 rings (SSSR count). The van der Waals surface area contributed by atoms with Gasteiger partial charge in [-0.1, -0.05) is 6.07 Å². The highest BCUT2D eigenvalue weighted by atomic mass is 32.2. The highest BCUT2D eigenvalue weighted by Gasteiger charge is 2.05. The first kappa shape index (κ1) is 15.1. The van der Waals surface area contributed by atoms with Gasteiger partial charge in [0.1, 0.15) is 5.75 Å². The van der Waals surface area contributed by atoms with Crippen LogP contribution in [0.5, 0.6) is 5.75 Å². The number of nitrogens with one attached hydrogen (secondary N) is 1. The van der Waals surface area contributed by atoms with Crippen molar-refractivity contribution in [1.29, 1.82) is 0 Å². The first-order valence-corrected chi connectivity index (χ1v) is 6.83. The first-order chi connectivity index (χ1) is 8.51. The fraction of sp³-hybridized carbons (Fsp3) is 0.500. The van der Waals surface area contributed by atoms with Gasteiger partial charge in [0.25, 0.3) is 0 Å². The molecule has 1 aromatic carbocycles. The third kappa shape index (κ3) is 5.59. The number of hydrogen-bond acceptors (Lipinski definition) is 3. The SMILES string of the molecule is Cc1cc(CO)cc(OCCC(C)NS(=O)O)c1. The van der Waals surface area contributed by atoms with E-state index in [1.54, 1.807) is 6.07 Å². The molecule has 0 amide bonds. The number of aryl methyl sites for hydroxylation is 1. The molecule has 2 unspecified atom stereocenters. The molecule has 2 atom stereocenters. The van der Waals surface area contributed by atoms with Crippen molar-refractivity contribution in [1.82, 2.24) is 4.72 Å². The molecule has 1 aromatic rings. The highest BCUT2D eigenvalue weighted by Crippen LogP contribution is 2.17. The number of aliphatic hydroxyl groups excluding tert-OH is 1. The van der Waals surface area contributed by atoms with Gasteiger partial charge < -0.3 is 9.84 Å². The van der Waals surface area contributed by atoms with E-state index in [0.717, 1.165) is 11.1 Å². The van der Waals surface area contributed by atoms with Crippen LogP contribution in [-0.2, 0) is 17.9 Å². The average molecular weight is 273 g/mol. The maximum Gasteiger partial charge on any atom is 0.231 e. The summed E-state index contributed by atoms with van der Waals surface area (Å²) < 4.78 is 27.2. The summed E-state index contributed by atoms with van der Waals surface area (Å²) in [6.07, 6.45) is 0.620. The van der Waals surface area contributed by atoms with Crippen molar-refractivity contribution in [2.24, 2.45) is 0 Å². The third-order valence-corrected chi connectivity index (χ3v) is 3.02. The zero-order valence-corrected chi connectivity index (χ0v) is 11.4. The minimum absolute atomic E-state index is 0.0144. The summed E-state index contributed by atoms with van der Waals surface area (Å²) in [7, 11) is 0. The maximum atomic E-state index is 10.5. The molecule has 102 valence electrons. The molecule has 5 nitrogen and oxygen atoms in total. The summed E-state index contributed by atoms with van der Waals surface area (Å²) >= 11 is -1.99. The minimum atomic E-state index is -1.99. The second-order valence-corrected chi connectivity index (χ2v) is 4.95. The Kier molecular flexibility index (Phi) is 6.28. The summed E-state index contributed by atoms with van der Waals surface area (Å²) in [6.45, 7) is 4.18. The predicted molar refractivity (Wildman–Crippen MR) is 70.6 cm³/mol. The van der Waals surface area contributed by atoms with Crippen LogP contribution in [0.2, 0.25) is 0 Å². The van der Waals surface area contributed by atoms with Gasteiger partial charge in [-0.15, -0.1) is 0 Å². The number of rotatable bonds is 7. The van der Waals surface area contributed by atoms with E-state index < -0.39 is 11.3 Å². The lowest BCUT2D eigenvalue weighted by atomic mass is 10.1. The molecule has 0 spiro atoms. The van der Waals surface area contributed by atoms with Crippen molar-refractivity contribution in [3.8, 4) is 5.75 Å². The molecule has 18 heavy (non-hydrogen) atoms. The number of aliphatic hydroxyl groups is 1. The van der Waals surface area contributed by atoms with Crippen molar-refractivity contribution in [3.05, 3.63) is 29.3 Å². The summed E-state index contributed by atoms with van der Waals surface area (Å²) in [5.41, 5.74) is 1.84. The molecule has 3 N–H and O–H groups in total. The Labute approximate surface area is 110 Å². The average Bonchev–Trinajstić information content (AvgIpc) is 2.27. The van der Waals surface area contributed by atoms with Gasteiger partial charge in [-0.25, -0.2) is 8.93 Å². The lowest BCUT2D eigenvalue weighted by Gasteiger charge is -2.12. The van der Waals surface area contributed by atoms with Gasteiger partial charge in [0, 0.05) is 6.04 Å². The smallest absolute Gasteiger partial charge is 0.231 e. The molecular weight excluding hydrogens is 254 g/mol. The molecule has 0 radical (unpaired) electrons. The summed E-state index contributed by atoms with van der Waals surface area (Å²) in [5.74, 6) is 0.705. The molecule has 0 saturated carbocycles. The van der Waals surface area contributed by atoms with E-state index in [1.807, 2.05) is 26.0 Å². The molecule has 0 saturated heterocycles. The number of ether oxygens (including phenoxy) is 1. The van der Waals surface area contributed by atoms with E-state index in [4.69, 9.17) is 14.4 Å². The summed E-state index contributed by atoms with van der Waals surface area (Å²) in [5, 5.41) is 9.07. The molecule has 0 aliphatic carbocycles. The number of hydrogen-bond donors (Lipinski definition) is 3. The molecular formula is C12H19NO4S. The molecule has 0 aromatic heterocycles. The maximum absolute atomic E-state index is 10.5. The van der Waals surface area contributed by atoms with E-state index in [1.165, 1.54) is 0 Å². The van der Waals surface area contributed by atoms with Crippen LogP contribution in [0.4, 0.5) is 0 Å². The fourth-order valence-corrected chi connectivity index (χ4v) is 2.05. The van der Waals surface area contributed by atoms with Crippen LogP contribution in [0.3, 0.4) is 0 Å². The second kappa shape index (κ2) is 7.48. The van der Waals surface area contributed by atoms with E-state index in [-0.39, 0.29) is 12.6 Å². The van der Waals surface area contributed by atoms with Crippen LogP contribution in [0.1, 0.15) is 24.5 Å². The molecule has 0 bridgehead atoms. The molecule has 0 aliphatic heterocycles. The zero-order chi connectivity index (χ0) is 13.5. The monoisotopic (exact) mass is 273 g/mol. The molecule has 0 aliphatic rings. The third-order valence-electron chi connectivity index (χ3n) is 2.41. The fourth-order valence-electron chi connectivity index (χ4n) is 1.58. The molecule has 0 fully saturated rings. The molecule has 6 heteroatoms. The van der Waals surface area contributed by atoms with Crippen molar-refractivity contribution in [2.45, 2.75) is 32.9 Å². The Bertz CT molecular complexity index is 411. The van der Waals surface area contributed by atoms with Crippen molar-refractivity contribution in [2.75, 3.05) is 6.61 Å². The minimum Gasteiger partial charge on any atom is -0.494 e. The lowest BCUT2D eigenvalue weighted by molar-refractivity contribution is 0.276. The Morgan fingerprint density at radius 2 is 2.17 bits per heavy atom. The van der Waals surface area contributed by atoms with Crippen LogP contribution < -0.4 is 9.46 Å². The molecule has 0 heterocycles. The van der Waals surface area contributed by atoms with Crippen molar-refractivity contribution >= 4 is 11.3 Å². The van der Waals surface area contributed by atoms with Gasteiger partial charge in [0.15, 0.2) is 0 Å². The van der Waals surface area contributed by atoms with Gasteiger partial charge >= 0.3 is 0 Å². The Balaban J connectivity index is 2.43. The normalized spacial score (nSPS) is 14.2. The Morgan fingerprint density at radius 1 is 1.44 bits per heavy atom. The van der Waals surface area contributed by atoms with Gasteiger partial charge in [0.2, 0.25) is 11.3 Å². The van der Waals surface area contributed by atoms with Crippen LogP contribution >= 0.6 is 0 Å². The number of benzene rings is 1. The quantitative estimate of drug-likeness (QED) is 0.656. The first-order valence-electron chi connectivity index (χ1n) is 5.72. The Morgan fingerprint density at radius 3 is 2.78 bits per heavy atom. The van der Waals surface area contributed by atoms with Crippen molar-refractivity contribution < 1.29 is 18.6 Å². The zero-order valence-electron chi connectivity index (χ0n) is 10.5. The van der Waals surface area contributed by atoms with Crippen LogP contribution in [0.15, 0.2) is 18.2 Å². The lowest BCUT2D eigenvalue weighted by Crippen LogP contribution is -2.29. The van der Waals surface area contributed by atoms with E-state index in [0.29, 0.717) is 18.8 Å². The van der Waals surface area contributed by atoms with E-state index >= 15 is 0 Å². The van der Waals surface area contributed by atoms with Crippen molar-refractivity contribution in [3.63, 3.8) is 0 Å². The topological polar surface area (TPSA) is 78.8 Å². The predicted octanol–water partition coefficient (Wildman–Crippen LogP) is 1.37. The van der Waals surface area contributed by atoms with Gasteiger partial charge in [-0.3, -0.25) is 4.55 Å². The van der Waals surface area contributed by atoms with E-state index in [9.17, 15) is 4.21 Å². The standard InChI is InChI=1S/C12H19NO4S/c1-9-5-11(8-14)7-12(6-9)17-4-3-10(2)13-18(15)16/h5-7,10,13-14H,3-4,8H2,1-2H3,(H,15,16). The van der Waals surface area contributed by atoms with Gasteiger partial charge in [-0.05, 0) is 43.5 Å². The summed E-state index contributed by atoms with van der Waals surface area (Å²) in [4.78, 5) is 0. The van der Waals surface area contributed by atoms with Crippen LogP contribution in [0.25, 0.3) is 0 Å². The van der Waals surface area contributed by atoms with Gasteiger partial charge in [-0.2, -0.15) is 0 Å². The van der Waals surface area contributed by atoms with E-state index in [2.05, 4.69) is 4.72 Å². The largest absolute Gasteiger partial charge is 0.494 e.